The second-order valence-corrected chi connectivity index (χ2v) is 7.20. The van der Waals surface area contributed by atoms with E-state index in [0.717, 1.165) is 19.3 Å². The van der Waals surface area contributed by atoms with Crippen molar-refractivity contribution in [1.82, 2.24) is 0 Å². The molecule has 26 heavy (non-hydrogen) atoms. The summed E-state index contributed by atoms with van der Waals surface area (Å²) < 4.78 is 10.5. The number of benzene rings is 1. The summed E-state index contributed by atoms with van der Waals surface area (Å²) in [5, 5.41) is 0.502. The smallest absolute Gasteiger partial charge is 0.311 e. The zero-order valence-electron chi connectivity index (χ0n) is 15.6. The van der Waals surface area contributed by atoms with E-state index in [9.17, 15) is 9.59 Å². The monoisotopic (exact) mass is 402 g/mol. The predicted molar refractivity (Wildman–Crippen MR) is 105 cm³/mol. The van der Waals surface area contributed by atoms with Crippen LogP contribution < -0.4 is 4.74 Å². The molecule has 1 rings (SSSR count). The lowest BCUT2D eigenvalue weighted by atomic mass is 10.1. The van der Waals surface area contributed by atoms with Crippen molar-refractivity contribution < 1.29 is 19.1 Å². The molecule has 1 unspecified atom stereocenters. The highest BCUT2D eigenvalue weighted by molar-refractivity contribution is 6.37. The van der Waals surface area contributed by atoms with Gasteiger partial charge in [-0.1, -0.05) is 68.3 Å². The Morgan fingerprint density at radius 3 is 2.19 bits per heavy atom. The molecule has 0 aliphatic heterocycles. The van der Waals surface area contributed by atoms with Crippen LogP contribution in [0.5, 0.6) is 5.75 Å². The van der Waals surface area contributed by atoms with E-state index in [1.54, 1.807) is 18.2 Å². The zero-order chi connectivity index (χ0) is 19.4. The highest BCUT2D eigenvalue weighted by Crippen LogP contribution is 2.32. The van der Waals surface area contributed by atoms with Crippen LogP contribution in [0.25, 0.3) is 0 Å². The molecule has 0 heterocycles. The molecule has 6 heteroatoms. The quantitative estimate of drug-likeness (QED) is 0.231. The molecular weight excluding hydrogens is 375 g/mol. The molecule has 0 fully saturated rings. The first-order chi connectivity index (χ1) is 12.4. The van der Waals surface area contributed by atoms with Gasteiger partial charge in [-0.05, 0) is 31.9 Å². The molecule has 0 amide bonds. The van der Waals surface area contributed by atoms with Gasteiger partial charge < -0.3 is 9.47 Å². The average molecular weight is 403 g/mol. The Hall–Kier alpha value is -1.26. The van der Waals surface area contributed by atoms with E-state index in [2.05, 4.69) is 6.92 Å². The summed E-state index contributed by atoms with van der Waals surface area (Å²) in [6.07, 6.45) is 7.82. The minimum Gasteiger partial charge on any atom is -0.463 e. The Balaban J connectivity index is 2.21. The summed E-state index contributed by atoms with van der Waals surface area (Å²) >= 11 is 11.9. The van der Waals surface area contributed by atoms with Crippen molar-refractivity contribution in [2.45, 2.75) is 77.7 Å². The number of hydrogen-bond acceptors (Lipinski definition) is 4. The second kappa shape index (κ2) is 13.0. The minimum atomic E-state index is -0.569. The van der Waals surface area contributed by atoms with Crippen molar-refractivity contribution in [1.29, 1.82) is 0 Å². The van der Waals surface area contributed by atoms with Crippen LogP contribution in [0, 0.1) is 0 Å². The van der Waals surface area contributed by atoms with Gasteiger partial charge in [0.15, 0.2) is 5.75 Å². The molecule has 0 aliphatic rings. The molecule has 0 saturated heterocycles. The van der Waals surface area contributed by atoms with E-state index in [-0.39, 0.29) is 34.7 Å². The molecule has 4 nitrogen and oxygen atoms in total. The third-order valence-corrected chi connectivity index (χ3v) is 4.56. The first kappa shape index (κ1) is 22.8. The van der Waals surface area contributed by atoms with Gasteiger partial charge in [-0.3, -0.25) is 9.59 Å². The van der Waals surface area contributed by atoms with E-state index in [4.69, 9.17) is 32.7 Å². The number of rotatable bonds is 12. The van der Waals surface area contributed by atoms with E-state index >= 15 is 0 Å². The van der Waals surface area contributed by atoms with Crippen molar-refractivity contribution in [2.75, 3.05) is 0 Å². The van der Waals surface area contributed by atoms with E-state index in [1.165, 1.54) is 25.7 Å². The summed E-state index contributed by atoms with van der Waals surface area (Å²) in [5.74, 6) is -0.850. The van der Waals surface area contributed by atoms with Gasteiger partial charge in [-0.25, -0.2) is 0 Å². The molecular formula is C20H28Cl2O4. The first-order valence-corrected chi connectivity index (χ1v) is 10.0. The fourth-order valence-electron chi connectivity index (χ4n) is 2.50. The molecule has 0 spiro atoms. The highest BCUT2D eigenvalue weighted by atomic mass is 35.5. The summed E-state index contributed by atoms with van der Waals surface area (Å²) in [6, 6.07) is 4.81. The van der Waals surface area contributed by atoms with E-state index in [1.807, 2.05) is 6.92 Å². The third kappa shape index (κ3) is 9.44. The van der Waals surface area contributed by atoms with Gasteiger partial charge in [0.25, 0.3) is 0 Å². The van der Waals surface area contributed by atoms with Crippen molar-refractivity contribution in [3.05, 3.63) is 28.2 Å². The van der Waals surface area contributed by atoms with E-state index in [0.29, 0.717) is 0 Å². The van der Waals surface area contributed by atoms with Gasteiger partial charge in [0, 0.05) is 0 Å². The average Bonchev–Trinajstić information content (AvgIpc) is 2.59. The second-order valence-electron chi connectivity index (χ2n) is 6.38. The third-order valence-electron chi connectivity index (χ3n) is 3.96. The molecule has 0 radical (unpaired) electrons. The molecule has 0 saturated carbocycles. The normalized spacial score (nSPS) is 11.8. The molecule has 1 aromatic carbocycles. The largest absolute Gasteiger partial charge is 0.463 e. The number of esters is 2. The topological polar surface area (TPSA) is 52.6 Å². The van der Waals surface area contributed by atoms with Crippen LogP contribution in [0.2, 0.25) is 10.0 Å². The Bertz CT molecular complexity index is 555. The number of unbranched alkanes of at least 4 members (excludes halogenated alkanes) is 5. The van der Waals surface area contributed by atoms with Crippen LogP contribution in [-0.2, 0) is 14.3 Å². The molecule has 1 atom stereocenters. The standard InChI is InChI=1S/C20H28Cl2O4/c1-3-4-5-6-7-8-10-15(2)25-18(23)13-14-19(24)26-20-16(21)11-9-12-17(20)22/h9,11-12,15H,3-8,10,13-14H2,1-2H3. The minimum absolute atomic E-state index is 0.0260. The Labute approximate surface area is 166 Å². The van der Waals surface area contributed by atoms with Gasteiger partial charge in [0.2, 0.25) is 0 Å². The summed E-state index contributed by atoms with van der Waals surface area (Å²) in [5.41, 5.74) is 0. The summed E-state index contributed by atoms with van der Waals surface area (Å²) in [6.45, 7) is 4.08. The molecule has 0 bridgehead atoms. The SMILES string of the molecule is CCCCCCCCC(C)OC(=O)CCC(=O)Oc1c(Cl)cccc1Cl. The maximum atomic E-state index is 11.9. The lowest BCUT2D eigenvalue weighted by molar-refractivity contribution is -0.151. The summed E-state index contributed by atoms with van der Waals surface area (Å²) in [7, 11) is 0. The molecule has 0 aromatic heterocycles. The van der Waals surface area contributed by atoms with Crippen molar-refractivity contribution in [3.8, 4) is 5.75 Å². The number of carbonyl (C=O) groups is 2. The van der Waals surface area contributed by atoms with Crippen LogP contribution in [0.3, 0.4) is 0 Å². The maximum absolute atomic E-state index is 11.9. The van der Waals surface area contributed by atoms with E-state index < -0.39 is 11.9 Å². The van der Waals surface area contributed by atoms with Crippen molar-refractivity contribution in [2.24, 2.45) is 0 Å². The Kier molecular flexibility index (Phi) is 11.4. The fourth-order valence-corrected chi connectivity index (χ4v) is 2.98. The Morgan fingerprint density at radius 1 is 0.962 bits per heavy atom. The number of para-hydroxylation sites is 1. The van der Waals surface area contributed by atoms with Crippen molar-refractivity contribution >= 4 is 35.1 Å². The highest BCUT2D eigenvalue weighted by Gasteiger charge is 2.15. The zero-order valence-corrected chi connectivity index (χ0v) is 17.1. The van der Waals surface area contributed by atoms with Gasteiger partial charge in [-0.15, -0.1) is 0 Å². The number of ether oxygens (including phenoxy) is 2. The van der Waals surface area contributed by atoms with Gasteiger partial charge in [0.1, 0.15) is 0 Å². The van der Waals surface area contributed by atoms with Crippen LogP contribution in [-0.4, -0.2) is 18.0 Å². The first-order valence-electron chi connectivity index (χ1n) is 9.28. The summed E-state index contributed by atoms with van der Waals surface area (Å²) in [4.78, 5) is 23.7. The molecule has 1 aromatic rings. The molecule has 0 N–H and O–H groups in total. The molecule has 146 valence electrons. The Morgan fingerprint density at radius 2 is 1.54 bits per heavy atom. The number of carbonyl (C=O) groups excluding carboxylic acids is 2. The lowest BCUT2D eigenvalue weighted by Gasteiger charge is -2.13. The van der Waals surface area contributed by atoms with Crippen molar-refractivity contribution in [3.63, 3.8) is 0 Å². The fraction of sp³-hybridized carbons (Fsp3) is 0.600. The number of hydrogen-bond donors (Lipinski definition) is 0. The van der Waals surface area contributed by atoms with Gasteiger partial charge in [0.05, 0.1) is 29.0 Å². The predicted octanol–water partition coefficient (Wildman–Crippen LogP) is 6.36. The maximum Gasteiger partial charge on any atom is 0.311 e. The molecule has 0 aliphatic carbocycles. The van der Waals surface area contributed by atoms with Crippen LogP contribution in [0.15, 0.2) is 18.2 Å². The van der Waals surface area contributed by atoms with Crippen LogP contribution in [0.4, 0.5) is 0 Å². The van der Waals surface area contributed by atoms with Crippen LogP contribution >= 0.6 is 23.2 Å². The lowest BCUT2D eigenvalue weighted by Crippen LogP contribution is -2.17. The number of halogens is 2. The van der Waals surface area contributed by atoms with Gasteiger partial charge in [-0.2, -0.15) is 0 Å². The van der Waals surface area contributed by atoms with Gasteiger partial charge >= 0.3 is 11.9 Å². The van der Waals surface area contributed by atoms with Crippen LogP contribution in [0.1, 0.15) is 71.6 Å².